The number of fused-ring (bicyclic) bond motifs is 1. The molecule has 7 heteroatoms. The smallest absolute Gasteiger partial charge is 0.241 e. The van der Waals surface area contributed by atoms with Crippen LogP contribution in [-0.2, 0) is 9.53 Å². The molecule has 5 rings (SSSR count). The van der Waals surface area contributed by atoms with Crippen molar-refractivity contribution >= 4 is 38.8 Å². The lowest BCUT2D eigenvalue weighted by molar-refractivity contribution is -0.121. The Kier molecular flexibility index (Phi) is 6.39. The molecule has 168 valence electrons. The first-order chi connectivity index (χ1) is 15.7. The minimum atomic E-state index is -0.175. The Morgan fingerprint density at radius 3 is 2.69 bits per heavy atom. The monoisotopic (exact) mass is 450 g/mol. The highest BCUT2D eigenvalue weighted by Crippen LogP contribution is 2.33. The van der Waals surface area contributed by atoms with Crippen molar-refractivity contribution in [3.63, 3.8) is 0 Å². The van der Waals surface area contributed by atoms with Crippen LogP contribution in [0.25, 0.3) is 10.2 Å². The van der Waals surface area contributed by atoms with Crippen LogP contribution in [0, 0.1) is 0 Å². The number of benzene rings is 2. The van der Waals surface area contributed by atoms with Crippen molar-refractivity contribution in [3.8, 4) is 0 Å². The molecule has 1 aromatic heterocycles. The average molecular weight is 451 g/mol. The first-order valence-electron chi connectivity index (χ1n) is 11.5. The van der Waals surface area contributed by atoms with E-state index in [2.05, 4.69) is 45.4 Å². The summed E-state index contributed by atoms with van der Waals surface area (Å²) in [6.45, 7) is 7.20. The predicted molar refractivity (Wildman–Crippen MR) is 131 cm³/mol. The fraction of sp³-hybridized carbons (Fsp3) is 0.440. The lowest BCUT2D eigenvalue weighted by Crippen LogP contribution is -2.46. The number of nitrogens with zero attached hydrogens (tertiary/aromatic N) is 3. The molecular formula is C25H30N4O2S. The molecular weight excluding hydrogens is 420 g/mol. The van der Waals surface area contributed by atoms with Crippen molar-refractivity contribution < 1.29 is 9.53 Å². The number of piperidine rings is 1. The van der Waals surface area contributed by atoms with Gasteiger partial charge in [-0.25, -0.2) is 4.98 Å². The molecule has 0 saturated carbocycles. The minimum Gasteiger partial charge on any atom is -0.378 e. The topological polar surface area (TPSA) is 57.7 Å². The molecule has 2 fully saturated rings. The van der Waals surface area contributed by atoms with E-state index >= 15 is 0 Å². The van der Waals surface area contributed by atoms with Crippen molar-refractivity contribution in [2.45, 2.75) is 31.7 Å². The molecule has 2 aromatic carbocycles. The van der Waals surface area contributed by atoms with Crippen LogP contribution in [0.1, 0.15) is 30.7 Å². The van der Waals surface area contributed by atoms with Crippen molar-refractivity contribution in [2.75, 3.05) is 49.6 Å². The summed E-state index contributed by atoms with van der Waals surface area (Å²) in [5.74, 6) is 0.443. The molecule has 1 N–H and O–H groups in total. The van der Waals surface area contributed by atoms with E-state index in [4.69, 9.17) is 9.72 Å². The van der Waals surface area contributed by atoms with Crippen molar-refractivity contribution in [1.82, 2.24) is 9.88 Å². The Morgan fingerprint density at radius 1 is 1.12 bits per heavy atom. The first kappa shape index (κ1) is 21.4. The molecule has 32 heavy (non-hydrogen) atoms. The van der Waals surface area contributed by atoms with Gasteiger partial charge in [-0.15, -0.1) is 11.3 Å². The second-order valence-corrected chi connectivity index (χ2v) is 9.73. The predicted octanol–water partition coefficient (Wildman–Crippen LogP) is 4.34. The Labute approximate surface area is 193 Å². The van der Waals surface area contributed by atoms with E-state index in [9.17, 15) is 4.79 Å². The molecule has 2 saturated heterocycles. The third kappa shape index (κ3) is 4.65. The van der Waals surface area contributed by atoms with Crippen LogP contribution >= 0.6 is 11.3 Å². The maximum atomic E-state index is 13.0. The Balaban J connectivity index is 1.20. The van der Waals surface area contributed by atoms with Gasteiger partial charge in [0.15, 0.2) is 0 Å². The van der Waals surface area contributed by atoms with E-state index < -0.39 is 0 Å². The number of para-hydroxylation sites is 1. The highest BCUT2D eigenvalue weighted by atomic mass is 32.1. The molecule has 3 aromatic rings. The second kappa shape index (κ2) is 9.57. The van der Waals surface area contributed by atoms with E-state index in [0.717, 1.165) is 63.4 Å². The molecule has 3 heterocycles. The van der Waals surface area contributed by atoms with E-state index in [1.807, 2.05) is 25.1 Å². The number of morpholine rings is 1. The number of hydrogen-bond acceptors (Lipinski definition) is 6. The fourth-order valence-corrected chi connectivity index (χ4v) is 5.71. The number of ether oxygens (including phenoxy) is 1. The van der Waals surface area contributed by atoms with Gasteiger partial charge in [0.25, 0.3) is 0 Å². The maximum absolute atomic E-state index is 13.0. The Bertz CT molecular complexity index is 1030. The van der Waals surface area contributed by atoms with Crippen LogP contribution in [0.15, 0.2) is 48.5 Å². The number of nitrogens with one attached hydrogen (secondary N) is 1. The summed E-state index contributed by atoms with van der Waals surface area (Å²) in [7, 11) is 0. The highest BCUT2D eigenvalue weighted by Gasteiger charge is 2.29. The molecule has 0 bridgehead atoms. The van der Waals surface area contributed by atoms with Crippen LogP contribution < -0.4 is 10.2 Å². The van der Waals surface area contributed by atoms with Crippen molar-refractivity contribution in [1.29, 1.82) is 0 Å². The van der Waals surface area contributed by atoms with Crippen LogP contribution in [-0.4, -0.2) is 61.2 Å². The average Bonchev–Trinajstić information content (AvgIpc) is 3.29. The number of rotatable bonds is 5. The Morgan fingerprint density at radius 2 is 1.91 bits per heavy atom. The summed E-state index contributed by atoms with van der Waals surface area (Å²) >= 11 is 1.79. The van der Waals surface area contributed by atoms with Gasteiger partial charge in [-0.2, -0.15) is 0 Å². The zero-order valence-electron chi connectivity index (χ0n) is 18.5. The molecule has 0 radical (unpaired) electrons. The largest absolute Gasteiger partial charge is 0.378 e. The van der Waals surface area contributed by atoms with Crippen LogP contribution in [0.2, 0.25) is 0 Å². The summed E-state index contributed by atoms with van der Waals surface area (Å²) in [6, 6.07) is 16.3. The van der Waals surface area contributed by atoms with E-state index in [0.29, 0.717) is 5.92 Å². The normalized spacial score (nSPS) is 20.9. The minimum absolute atomic E-state index is 0.0501. The number of hydrogen-bond donors (Lipinski definition) is 1. The molecule has 2 aliphatic rings. The number of carbonyl (C=O) groups is 1. The SMILES string of the molecule is C[C@H](C(=O)Nc1ccc(N2CCOCC2)cc1)N1CCC[C@@H](c2nc3ccccc3s2)C1. The molecule has 0 spiro atoms. The molecule has 1 amide bonds. The third-order valence-corrected chi connectivity index (χ3v) is 7.75. The van der Waals surface area contributed by atoms with Crippen molar-refractivity contribution in [2.24, 2.45) is 0 Å². The van der Waals surface area contributed by atoms with Gasteiger partial charge < -0.3 is 15.0 Å². The molecule has 0 unspecified atom stereocenters. The van der Waals surface area contributed by atoms with E-state index in [1.165, 1.54) is 15.4 Å². The number of carbonyl (C=O) groups excluding carboxylic acids is 1. The van der Waals surface area contributed by atoms with Crippen LogP contribution in [0.5, 0.6) is 0 Å². The summed E-state index contributed by atoms with van der Waals surface area (Å²) in [6.07, 6.45) is 2.22. The Hall–Kier alpha value is -2.48. The van der Waals surface area contributed by atoms with Crippen molar-refractivity contribution in [3.05, 3.63) is 53.5 Å². The van der Waals surface area contributed by atoms with Gasteiger partial charge in [0.05, 0.1) is 34.5 Å². The second-order valence-electron chi connectivity index (χ2n) is 8.67. The third-order valence-electron chi connectivity index (χ3n) is 6.55. The summed E-state index contributed by atoms with van der Waals surface area (Å²) in [5, 5.41) is 4.30. The van der Waals surface area contributed by atoms with Gasteiger partial charge in [0.1, 0.15) is 0 Å². The lowest BCUT2D eigenvalue weighted by atomic mass is 9.97. The van der Waals surface area contributed by atoms with Crippen LogP contribution in [0.4, 0.5) is 11.4 Å². The van der Waals surface area contributed by atoms with Gasteiger partial charge in [-0.1, -0.05) is 12.1 Å². The first-order valence-corrected chi connectivity index (χ1v) is 12.3. The lowest BCUT2D eigenvalue weighted by Gasteiger charge is -2.35. The fourth-order valence-electron chi connectivity index (χ4n) is 4.61. The molecule has 2 aliphatic heterocycles. The standard InChI is InChI=1S/C25H30N4O2S/c1-18(24(30)26-20-8-10-21(11-9-20)28-13-15-31-16-14-28)29-12-4-5-19(17-29)25-27-22-6-2-3-7-23(22)32-25/h2-3,6-11,18-19H,4-5,12-17H2,1H3,(H,26,30)/t18-,19-/m1/s1. The number of anilines is 2. The van der Waals surface area contributed by atoms with Gasteiger partial charge >= 0.3 is 0 Å². The van der Waals surface area contributed by atoms with Gasteiger partial charge in [0, 0.05) is 36.9 Å². The zero-order chi connectivity index (χ0) is 21.9. The van der Waals surface area contributed by atoms with Gasteiger partial charge in [-0.05, 0) is 62.7 Å². The van der Waals surface area contributed by atoms with Crippen LogP contribution in [0.3, 0.4) is 0 Å². The van der Waals surface area contributed by atoms with E-state index in [1.54, 1.807) is 11.3 Å². The highest BCUT2D eigenvalue weighted by molar-refractivity contribution is 7.18. The van der Waals surface area contributed by atoms with Gasteiger partial charge in [-0.3, -0.25) is 9.69 Å². The van der Waals surface area contributed by atoms with Gasteiger partial charge in [0.2, 0.25) is 5.91 Å². The number of aromatic nitrogens is 1. The summed E-state index contributed by atoms with van der Waals surface area (Å²) in [5.41, 5.74) is 3.10. The number of amides is 1. The zero-order valence-corrected chi connectivity index (χ0v) is 19.3. The molecule has 2 atom stereocenters. The number of likely N-dealkylation sites (tertiary alicyclic amines) is 1. The summed E-state index contributed by atoms with van der Waals surface area (Å²) in [4.78, 5) is 22.5. The summed E-state index contributed by atoms with van der Waals surface area (Å²) < 4.78 is 6.67. The van der Waals surface area contributed by atoms with E-state index in [-0.39, 0.29) is 11.9 Å². The molecule has 6 nitrogen and oxygen atoms in total. The maximum Gasteiger partial charge on any atom is 0.241 e. The number of thiazole rings is 1. The molecule has 0 aliphatic carbocycles. The quantitative estimate of drug-likeness (QED) is 0.627.